The van der Waals surface area contributed by atoms with Crippen LogP contribution in [-0.4, -0.2) is 16.1 Å². The Morgan fingerprint density at radius 3 is 2.17 bits per heavy atom. The number of aryl methyl sites for hydroxylation is 1. The number of hydrogen-bond acceptors (Lipinski definition) is 2. The van der Waals surface area contributed by atoms with Crippen molar-refractivity contribution < 1.29 is 15.0 Å². The number of aromatic carboxylic acids is 1. The van der Waals surface area contributed by atoms with Gasteiger partial charge in [-0.15, -0.1) is 0 Å². The smallest absolute Gasteiger partial charge is 0.354 e. The molecule has 93 valence electrons. The zero-order chi connectivity index (χ0) is 13.4. The molecule has 1 aromatic heterocycles. The summed E-state index contributed by atoms with van der Waals surface area (Å²) in [5, 5.41) is 18.6. The van der Waals surface area contributed by atoms with E-state index in [1.54, 1.807) is 19.1 Å². The van der Waals surface area contributed by atoms with E-state index in [1.807, 2.05) is 30.3 Å². The third kappa shape index (κ3) is 4.76. The first-order valence-corrected chi connectivity index (χ1v) is 5.42. The van der Waals surface area contributed by atoms with Crippen molar-refractivity contribution in [2.45, 2.75) is 13.5 Å². The van der Waals surface area contributed by atoms with E-state index >= 15 is 0 Å². The highest BCUT2D eigenvalue weighted by atomic mass is 16.4. The molecule has 18 heavy (non-hydrogen) atoms. The summed E-state index contributed by atoms with van der Waals surface area (Å²) in [6.45, 7) is 1.65. The van der Waals surface area contributed by atoms with E-state index in [4.69, 9.17) is 5.11 Å². The van der Waals surface area contributed by atoms with Gasteiger partial charge in [-0.2, -0.15) is 0 Å². The summed E-state index contributed by atoms with van der Waals surface area (Å²) in [5.74, 6) is -0.983. The SMILES string of the molecule is Cc1cccc(C(=O)O)n1.[O]Cc1ccccc1. The minimum atomic E-state index is -0.983. The zero-order valence-corrected chi connectivity index (χ0v) is 10.0. The first kappa shape index (κ1) is 13.9. The first-order chi connectivity index (χ1) is 8.63. The lowest BCUT2D eigenvalue weighted by Crippen LogP contribution is -1.99. The topological polar surface area (TPSA) is 70.1 Å². The average Bonchev–Trinajstić information content (AvgIpc) is 2.40. The molecular formula is C14H14NO3. The van der Waals surface area contributed by atoms with Crippen LogP contribution < -0.4 is 0 Å². The highest BCUT2D eigenvalue weighted by Gasteiger charge is 2.01. The van der Waals surface area contributed by atoms with E-state index < -0.39 is 5.97 Å². The van der Waals surface area contributed by atoms with Crippen LogP contribution in [0.3, 0.4) is 0 Å². The lowest BCUT2D eigenvalue weighted by atomic mass is 10.2. The van der Waals surface area contributed by atoms with Crippen molar-refractivity contribution >= 4 is 5.97 Å². The molecule has 0 aliphatic rings. The van der Waals surface area contributed by atoms with Gasteiger partial charge < -0.3 is 5.11 Å². The van der Waals surface area contributed by atoms with Gasteiger partial charge in [0.1, 0.15) is 12.3 Å². The van der Waals surface area contributed by atoms with Crippen molar-refractivity contribution in [2.75, 3.05) is 0 Å². The molecule has 1 heterocycles. The van der Waals surface area contributed by atoms with Crippen LogP contribution in [0.1, 0.15) is 21.7 Å². The van der Waals surface area contributed by atoms with Crippen molar-refractivity contribution in [3.05, 3.63) is 65.5 Å². The lowest BCUT2D eigenvalue weighted by Gasteiger charge is -1.92. The predicted octanol–water partition coefficient (Wildman–Crippen LogP) is 2.71. The van der Waals surface area contributed by atoms with Crippen molar-refractivity contribution in [1.29, 1.82) is 0 Å². The molecule has 0 amide bonds. The maximum atomic E-state index is 10.3. The zero-order valence-electron chi connectivity index (χ0n) is 10.0. The summed E-state index contributed by atoms with van der Waals surface area (Å²) in [6, 6.07) is 14.2. The second kappa shape index (κ2) is 7.19. The summed E-state index contributed by atoms with van der Waals surface area (Å²) in [7, 11) is 0. The highest BCUT2D eigenvalue weighted by Crippen LogP contribution is 1.97. The summed E-state index contributed by atoms with van der Waals surface area (Å²) in [5.41, 5.74) is 1.67. The largest absolute Gasteiger partial charge is 0.477 e. The molecule has 0 atom stereocenters. The van der Waals surface area contributed by atoms with Gasteiger partial charge >= 0.3 is 5.97 Å². The molecule has 2 rings (SSSR count). The van der Waals surface area contributed by atoms with Crippen LogP contribution in [-0.2, 0) is 11.7 Å². The number of hydrogen-bond donors (Lipinski definition) is 1. The van der Waals surface area contributed by atoms with Crippen molar-refractivity contribution in [1.82, 2.24) is 4.98 Å². The highest BCUT2D eigenvalue weighted by molar-refractivity contribution is 5.85. The molecule has 4 heteroatoms. The van der Waals surface area contributed by atoms with E-state index in [9.17, 15) is 9.90 Å². The molecule has 0 bridgehead atoms. The normalized spacial score (nSPS) is 9.22. The third-order valence-corrected chi connectivity index (χ3v) is 2.12. The van der Waals surface area contributed by atoms with Crippen LogP contribution in [0.2, 0.25) is 0 Å². The third-order valence-electron chi connectivity index (χ3n) is 2.12. The Morgan fingerprint density at radius 1 is 1.11 bits per heavy atom. The fourth-order valence-electron chi connectivity index (χ4n) is 1.24. The van der Waals surface area contributed by atoms with Crippen molar-refractivity contribution in [3.63, 3.8) is 0 Å². The monoisotopic (exact) mass is 244 g/mol. The number of aromatic nitrogens is 1. The summed E-state index contributed by atoms with van der Waals surface area (Å²) in [6.07, 6.45) is 0. The molecule has 0 unspecified atom stereocenters. The van der Waals surface area contributed by atoms with Gasteiger partial charge in [-0.3, -0.25) is 0 Å². The minimum absolute atomic E-state index is 0.0972. The molecule has 1 aromatic carbocycles. The summed E-state index contributed by atoms with van der Waals surface area (Å²) >= 11 is 0. The molecule has 2 aromatic rings. The van der Waals surface area contributed by atoms with Crippen molar-refractivity contribution in [2.24, 2.45) is 0 Å². The average molecular weight is 244 g/mol. The lowest BCUT2D eigenvalue weighted by molar-refractivity contribution is 0.0690. The van der Waals surface area contributed by atoms with Gasteiger partial charge in [-0.05, 0) is 24.6 Å². The van der Waals surface area contributed by atoms with Gasteiger partial charge in [-0.25, -0.2) is 14.9 Å². The number of rotatable bonds is 2. The molecule has 4 nitrogen and oxygen atoms in total. The fraction of sp³-hybridized carbons (Fsp3) is 0.143. The van der Waals surface area contributed by atoms with Crippen LogP contribution in [0.15, 0.2) is 48.5 Å². The number of carboxylic acid groups (broad SMARTS) is 1. The number of carbonyl (C=O) groups is 1. The Labute approximate surface area is 106 Å². The Bertz CT molecular complexity index is 497. The molecule has 0 aliphatic heterocycles. The number of benzene rings is 1. The van der Waals surface area contributed by atoms with Gasteiger partial charge in [0.25, 0.3) is 0 Å². The Kier molecular flexibility index (Phi) is 5.54. The van der Waals surface area contributed by atoms with E-state index in [0.29, 0.717) is 0 Å². The van der Waals surface area contributed by atoms with E-state index in [2.05, 4.69) is 4.98 Å². The van der Waals surface area contributed by atoms with Crippen molar-refractivity contribution in [3.8, 4) is 0 Å². The summed E-state index contributed by atoms with van der Waals surface area (Å²) in [4.78, 5) is 14.1. The van der Waals surface area contributed by atoms with Gasteiger partial charge in [0.05, 0.1) is 0 Å². The molecule has 0 saturated heterocycles. The first-order valence-electron chi connectivity index (χ1n) is 5.42. The fourth-order valence-corrected chi connectivity index (χ4v) is 1.24. The van der Waals surface area contributed by atoms with E-state index in [0.717, 1.165) is 11.3 Å². The minimum Gasteiger partial charge on any atom is -0.477 e. The molecule has 1 N–H and O–H groups in total. The van der Waals surface area contributed by atoms with Gasteiger partial charge in [0.15, 0.2) is 0 Å². The van der Waals surface area contributed by atoms with Crippen LogP contribution in [0.4, 0.5) is 0 Å². The second-order valence-electron chi connectivity index (χ2n) is 3.60. The Hall–Kier alpha value is -2.20. The Morgan fingerprint density at radius 2 is 1.78 bits per heavy atom. The van der Waals surface area contributed by atoms with Crippen LogP contribution in [0.25, 0.3) is 0 Å². The second-order valence-corrected chi connectivity index (χ2v) is 3.60. The predicted molar refractivity (Wildman–Crippen MR) is 66.8 cm³/mol. The molecule has 1 radical (unpaired) electrons. The van der Waals surface area contributed by atoms with Gasteiger partial charge in [-0.1, -0.05) is 36.4 Å². The standard InChI is InChI=1S/C7H7NO2.C7H7O/c1-5-3-2-4-6(8-5)7(9)10;8-6-7-4-2-1-3-5-7/h2-4H,1H3,(H,9,10);1-5H,6H2. The molecule has 0 spiro atoms. The van der Waals surface area contributed by atoms with Crippen LogP contribution in [0.5, 0.6) is 0 Å². The molecule has 0 fully saturated rings. The number of pyridine rings is 1. The van der Waals surface area contributed by atoms with Crippen LogP contribution >= 0.6 is 0 Å². The quantitative estimate of drug-likeness (QED) is 0.882. The Balaban J connectivity index is 0.000000184. The number of nitrogens with zero attached hydrogens (tertiary/aromatic N) is 1. The van der Waals surface area contributed by atoms with Crippen LogP contribution in [0, 0.1) is 6.92 Å². The van der Waals surface area contributed by atoms with E-state index in [1.165, 1.54) is 6.07 Å². The molecule has 0 aliphatic carbocycles. The number of carboxylic acids is 1. The summed E-state index contributed by atoms with van der Waals surface area (Å²) < 4.78 is 0. The van der Waals surface area contributed by atoms with Gasteiger partial charge in [0, 0.05) is 5.69 Å². The molecular weight excluding hydrogens is 230 g/mol. The van der Waals surface area contributed by atoms with E-state index in [-0.39, 0.29) is 12.3 Å². The van der Waals surface area contributed by atoms with Gasteiger partial charge in [0.2, 0.25) is 0 Å². The maximum Gasteiger partial charge on any atom is 0.354 e. The maximum absolute atomic E-state index is 10.3. The molecule has 0 saturated carbocycles.